The Kier molecular flexibility index (Phi) is 7.28. The Morgan fingerprint density at radius 2 is 1.73 bits per heavy atom. The van der Waals surface area contributed by atoms with Crippen LogP contribution < -0.4 is 0 Å². The lowest BCUT2D eigenvalue weighted by Crippen LogP contribution is -2.47. The maximum atomic E-state index is 13.0. The predicted molar refractivity (Wildman–Crippen MR) is 124 cm³/mol. The lowest BCUT2D eigenvalue weighted by Gasteiger charge is -2.57. The van der Waals surface area contributed by atoms with E-state index in [0.717, 1.165) is 49.2 Å². The molecule has 1 aromatic rings. The fourth-order valence-corrected chi connectivity index (χ4v) is 6.94. The number of allylic oxidation sites excluding steroid dienone is 1. The van der Waals surface area contributed by atoms with Gasteiger partial charge in [0.25, 0.3) is 0 Å². The van der Waals surface area contributed by atoms with E-state index < -0.39 is 0 Å². The van der Waals surface area contributed by atoms with E-state index in [9.17, 15) is 4.79 Å². The Balaban J connectivity index is 1.29. The molecule has 4 aliphatic carbocycles. The third-order valence-electron chi connectivity index (χ3n) is 8.00. The molecule has 1 heterocycles. The molecule has 4 aliphatic rings. The van der Waals surface area contributed by atoms with Crippen LogP contribution in [0.2, 0.25) is 0 Å². The molecular formula is C27H40N2O. The van der Waals surface area contributed by atoms with Crippen molar-refractivity contribution in [2.24, 2.45) is 23.2 Å². The number of hydrogen-bond acceptors (Lipinski definition) is 2. The molecule has 3 nitrogen and oxygen atoms in total. The van der Waals surface area contributed by atoms with Crippen LogP contribution >= 0.6 is 0 Å². The summed E-state index contributed by atoms with van der Waals surface area (Å²) in [5.41, 5.74) is 1.72. The van der Waals surface area contributed by atoms with Gasteiger partial charge in [0, 0.05) is 31.9 Å². The van der Waals surface area contributed by atoms with Crippen molar-refractivity contribution in [2.75, 3.05) is 13.1 Å². The number of hydrogen-bond donors (Lipinski definition) is 0. The summed E-state index contributed by atoms with van der Waals surface area (Å²) >= 11 is 0. The molecule has 4 saturated carbocycles. The van der Waals surface area contributed by atoms with Gasteiger partial charge in [-0.05, 0) is 98.7 Å². The first kappa shape index (κ1) is 21.6. The second-order valence-electron chi connectivity index (χ2n) is 10.5. The van der Waals surface area contributed by atoms with Crippen LogP contribution in [-0.2, 0) is 4.79 Å². The van der Waals surface area contributed by atoms with E-state index >= 15 is 0 Å². The fourth-order valence-electron chi connectivity index (χ4n) is 6.94. The van der Waals surface area contributed by atoms with E-state index in [-0.39, 0.29) is 0 Å². The molecule has 1 amide bonds. The second-order valence-corrected chi connectivity index (χ2v) is 10.5. The highest BCUT2D eigenvalue weighted by Crippen LogP contribution is 2.61. The van der Waals surface area contributed by atoms with Crippen molar-refractivity contribution < 1.29 is 4.79 Å². The summed E-state index contributed by atoms with van der Waals surface area (Å²) in [4.78, 5) is 19.3. The highest BCUT2D eigenvalue weighted by molar-refractivity contribution is 5.76. The topological polar surface area (TPSA) is 33.2 Å². The van der Waals surface area contributed by atoms with Gasteiger partial charge in [0.1, 0.15) is 0 Å². The van der Waals surface area contributed by atoms with Crippen LogP contribution in [0.25, 0.3) is 6.08 Å². The second kappa shape index (κ2) is 10.1. The Labute approximate surface area is 183 Å². The molecule has 0 spiro atoms. The molecule has 1 aromatic heterocycles. The molecule has 3 heteroatoms. The summed E-state index contributed by atoms with van der Waals surface area (Å²) in [5, 5.41) is 0. The summed E-state index contributed by atoms with van der Waals surface area (Å²) in [6, 6.07) is 4.00. The number of pyridine rings is 1. The Morgan fingerprint density at radius 3 is 2.37 bits per heavy atom. The van der Waals surface area contributed by atoms with Gasteiger partial charge in [-0.15, -0.1) is 0 Å². The number of carbonyl (C=O) groups is 1. The minimum atomic E-state index is 0.357. The minimum Gasteiger partial charge on any atom is -0.343 e. The van der Waals surface area contributed by atoms with Crippen LogP contribution in [0.3, 0.4) is 0 Å². The maximum absolute atomic E-state index is 13.0. The molecule has 0 unspecified atom stereocenters. The van der Waals surface area contributed by atoms with E-state index in [4.69, 9.17) is 0 Å². The molecule has 30 heavy (non-hydrogen) atoms. The van der Waals surface area contributed by atoms with E-state index in [1.807, 2.05) is 24.5 Å². The van der Waals surface area contributed by atoms with Gasteiger partial charge in [0.05, 0.1) is 0 Å². The first-order chi connectivity index (χ1) is 14.7. The smallest absolute Gasteiger partial charge is 0.222 e. The first-order valence-electron chi connectivity index (χ1n) is 12.5. The van der Waals surface area contributed by atoms with Crippen LogP contribution in [0.5, 0.6) is 0 Å². The zero-order valence-electron chi connectivity index (χ0n) is 18.9. The zero-order valence-corrected chi connectivity index (χ0v) is 18.9. The SMILES string of the molecule is CCCCCN(CCC12CC3CC(CC(C3)C1)C2)C(=O)CC/C=C\c1ccncc1. The van der Waals surface area contributed by atoms with Crippen molar-refractivity contribution in [2.45, 2.75) is 84.0 Å². The summed E-state index contributed by atoms with van der Waals surface area (Å²) < 4.78 is 0. The molecule has 0 aliphatic heterocycles. The van der Waals surface area contributed by atoms with Crippen LogP contribution in [0, 0.1) is 23.2 Å². The molecule has 0 aromatic carbocycles. The molecule has 0 saturated heterocycles. The zero-order chi connectivity index (χ0) is 20.8. The third-order valence-corrected chi connectivity index (χ3v) is 8.00. The molecule has 0 radical (unpaired) electrons. The molecule has 0 N–H and O–H groups in total. The molecule has 0 atom stereocenters. The summed E-state index contributed by atoms with van der Waals surface area (Å²) in [5.74, 6) is 3.35. The number of unbranched alkanes of at least 4 members (excludes halogenated alkanes) is 2. The van der Waals surface area contributed by atoms with Crippen molar-refractivity contribution in [3.63, 3.8) is 0 Å². The Hall–Kier alpha value is -1.64. The lowest BCUT2D eigenvalue weighted by atomic mass is 9.49. The molecule has 4 bridgehead atoms. The van der Waals surface area contributed by atoms with Gasteiger partial charge in [0.2, 0.25) is 5.91 Å². The van der Waals surface area contributed by atoms with Crippen LogP contribution in [0.15, 0.2) is 30.6 Å². The predicted octanol–water partition coefficient (Wildman–Crippen LogP) is 6.50. The van der Waals surface area contributed by atoms with Crippen LogP contribution in [0.1, 0.15) is 89.5 Å². The third kappa shape index (κ3) is 5.53. The summed E-state index contributed by atoms with van der Waals surface area (Å²) in [7, 11) is 0. The molecular weight excluding hydrogens is 368 g/mol. The monoisotopic (exact) mass is 408 g/mol. The quantitative estimate of drug-likeness (QED) is 0.392. The highest BCUT2D eigenvalue weighted by Gasteiger charge is 2.50. The largest absolute Gasteiger partial charge is 0.343 e. The number of nitrogens with zero attached hydrogens (tertiary/aromatic N) is 2. The first-order valence-corrected chi connectivity index (χ1v) is 12.5. The normalized spacial score (nSPS) is 29.6. The van der Waals surface area contributed by atoms with Crippen molar-refractivity contribution in [3.05, 3.63) is 36.2 Å². The minimum absolute atomic E-state index is 0.357. The van der Waals surface area contributed by atoms with Crippen molar-refractivity contribution in [1.82, 2.24) is 9.88 Å². The average Bonchev–Trinajstić information content (AvgIpc) is 2.73. The van der Waals surface area contributed by atoms with E-state index in [1.165, 1.54) is 57.8 Å². The van der Waals surface area contributed by atoms with Crippen molar-refractivity contribution in [3.8, 4) is 0 Å². The van der Waals surface area contributed by atoms with E-state index in [1.54, 1.807) is 0 Å². The Morgan fingerprint density at radius 1 is 1.07 bits per heavy atom. The van der Waals surface area contributed by atoms with Crippen molar-refractivity contribution >= 4 is 12.0 Å². The number of amides is 1. The summed E-state index contributed by atoms with van der Waals surface area (Å²) in [6.45, 7) is 4.18. The van der Waals surface area contributed by atoms with E-state index in [2.05, 4.69) is 29.0 Å². The molecule has 164 valence electrons. The lowest BCUT2D eigenvalue weighted by molar-refractivity contribution is -0.132. The Bertz CT molecular complexity index is 676. The van der Waals surface area contributed by atoms with Gasteiger partial charge in [-0.3, -0.25) is 9.78 Å². The van der Waals surface area contributed by atoms with Gasteiger partial charge in [0.15, 0.2) is 0 Å². The molecule has 4 fully saturated rings. The standard InChI is InChI=1S/C27H40N2O/c1-2-3-6-14-29(26(30)8-5-4-7-22-9-12-28-13-10-22)15-11-27-19-23-16-24(20-27)18-25(17-23)21-27/h4,7,9-10,12-13,23-25H,2-3,5-6,8,11,14-21H2,1H3/b7-4-. The number of carbonyl (C=O) groups excluding carboxylic acids is 1. The maximum Gasteiger partial charge on any atom is 0.222 e. The van der Waals surface area contributed by atoms with Gasteiger partial charge < -0.3 is 4.90 Å². The van der Waals surface area contributed by atoms with Crippen LogP contribution in [-0.4, -0.2) is 28.9 Å². The van der Waals surface area contributed by atoms with Gasteiger partial charge in [-0.25, -0.2) is 0 Å². The van der Waals surface area contributed by atoms with E-state index in [0.29, 0.717) is 17.7 Å². The van der Waals surface area contributed by atoms with Gasteiger partial charge in [-0.2, -0.15) is 0 Å². The van der Waals surface area contributed by atoms with Crippen molar-refractivity contribution in [1.29, 1.82) is 0 Å². The molecule has 5 rings (SSSR count). The van der Waals surface area contributed by atoms with Gasteiger partial charge in [-0.1, -0.05) is 31.9 Å². The summed E-state index contributed by atoms with van der Waals surface area (Å²) in [6.07, 6.45) is 23.0. The number of rotatable bonds is 11. The fraction of sp³-hybridized carbons (Fsp3) is 0.704. The van der Waals surface area contributed by atoms with Crippen LogP contribution in [0.4, 0.5) is 0 Å². The number of aromatic nitrogens is 1. The average molecular weight is 409 g/mol. The van der Waals surface area contributed by atoms with Gasteiger partial charge >= 0.3 is 0 Å². The highest BCUT2D eigenvalue weighted by atomic mass is 16.2.